The van der Waals surface area contributed by atoms with Crippen LogP contribution in [0.4, 0.5) is 0 Å². The highest BCUT2D eigenvalue weighted by Crippen LogP contribution is 2.21. The molecule has 2 rings (SSSR count). The summed E-state index contributed by atoms with van der Waals surface area (Å²) in [7, 11) is 0. The Morgan fingerprint density at radius 3 is 2.46 bits per heavy atom. The van der Waals surface area contributed by atoms with Gasteiger partial charge in [-0.3, -0.25) is 9.78 Å². The molecule has 0 aliphatic carbocycles. The maximum Gasteiger partial charge on any atom is 0.325 e. The summed E-state index contributed by atoms with van der Waals surface area (Å²) in [5.74, 6) is 0.240. The van der Waals surface area contributed by atoms with Gasteiger partial charge in [-0.1, -0.05) is 0 Å². The van der Waals surface area contributed by atoms with E-state index in [0.29, 0.717) is 10.2 Å². The minimum Gasteiger partial charge on any atom is -0.315 e. The van der Waals surface area contributed by atoms with Gasteiger partial charge in [0.2, 0.25) is 0 Å². The fourth-order valence-corrected chi connectivity index (χ4v) is 1.78. The van der Waals surface area contributed by atoms with Crippen molar-refractivity contribution < 1.29 is 0 Å². The molecule has 0 saturated carbocycles. The predicted molar refractivity (Wildman–Crippen MR) is 51.0 cm³/mol. The summed E-state index contributed by atoms with van der Waals surface area (Å²) >= 11 is 3.15. The first-order valence-electron chi connectivity index (χ1n) is 3.91. The molecule has 0 amide bonds. The second-order valence-electron chi connectivity index (χ2n) is 2.99. The third-order valence-corrected chi connectivity index (χ3v) is 2.89. The van der Waals surface area contributed by atoms with Crippen molar-refractivity contribution in [3.05, 3.63) is 31.0 Å². The van der Waals surface area contributed by atoms with Crippen molar-refractivity contribution >= 4 is 15.9 Å². The van der Waals surface area contributed by atoms with E-state index < -0.39 is 5.69 Å². The van der Waals surface area contributed by atoms with Gasteiger partial charge < -0.3 is 10.3 Å². The Balaban J connectivity index is 2.55. The van der Waals surface area contributed by atoms with Crippen molar-refractivity contribution in [2.45, 2.75) is 5.92 Å². The summed E-state index contributed by atoms with van der Waals surface area (Å²) in [6.07, 6.45) is 0. The first kappa shape index (κ1) is 8.71. The lowest BCUT2D eigenvalue weighted by Gasteiger charge is -2.27. The Labute approximate surface area is 81.7 Å². The highest BCUT2D eigenvalue weighted by molar-refractivity contribution is 9.10. The molecule has 3 N–H and O–H groups in total. The molecule has 1 aliphatic rings. The minimum absolute atomic E-state index is 0.240. The second kappa shape index (κ2) is 3.12. The zero-order valence-corrected chi connectivity index (χ0v) is 8.27. The van der Waals surface area contributed by atoms with Gasteiger partial charge in [0.25, 0.3) is 5.56 Å². The van der Waals surface area contributed by atoms with E-state index in [1.165, 1.54) is 0 Å². The molecule has 1 aromatic rings. The van der Waals surface area contributed by atoms with Crippen LogP contribution in [0.25, 0.3) is 0 Å². The van der Waals surface area contributed by atoms with Crippen LogP contribution in [0.5, 0.6) is 0 Å². The van der Waals surface area contributed by atoms with Crippen LogP contribution in [-0.2, 0) is 0 Å². The van der Waals surface area contributed by atoms with Gasteiger partial charge in [-0.05, 0) is 15.9 Å². The lowest BCUT2D eigenvalue weighted by atomic mass is 9.99. The van der Waals surface area contributed by atoms with Gasteiger partial charge in [0, 0.05) is 24.7 Å². The van der Waals surface area contributed by atoms with E-state index in [2.05, 4.69) is 31.2 Å². The maximum absolute atomic E-state index is 11.2. The SMILES string of the molecule is O=c1[nH]c(C2CNC2)c(Br)c(=O)[nH]1. The molecular formula is C7H8BrN3O2. The Bertz CT molecular complexity index is 432. The molecule has 5 nitrogen and oxygen atoms in total. The number of aromatic amines is 2. The normalized spacial score (nSPS) is 17.0. The maximum atomic E-state index is 11.2. The summed E-state index contributed by atoms with van der Waals surface area (Å²) in [6.45, 7) is 1.61. The molecule has 2 heterocycles. The second-order valence-corrected chi connectivity index (χ2v) is 3.78. The highest BCUT2D eigenvalue weighted by atomic mass is 79.9. The van der Waals surface area contributed by atoms with Gasteiger partial charge in [0.15, 0.2) is 0 Å². The minimum atomic E-state index is -0.449. The smallest absolute Gasteiger partial charge is 0.315 e. The summed E-state index contributed by atoms with van der Waals surface area (Å²) in [5, 5.41) is 3.07. The van der Waals surface area contributed by atoms with Gasteiger partial charge in [-0.2, -0.15) is 0 Å². The molecule has 0 bridgehead atoms. The van der Waals surface area contributed by atoms with Crippen LogP contribution in [0.3, 0.4) is 0 Å². The average Bonchev–Trinajstić information content (AvgIpc) is 1.95. The van der Waals surface area contributed by atoms with E-state index >= 15 is 0 Å². The fraction of sp³-hybridized carbons (Fsp3) is 0.429. The third-order valence-electron chi connectivity index (χ3n) is 2.10. The zero-order chi connectivity index (χ0) is 9.42. The number of aromatic nitrogens is 2. The molecule has 1 aromatic heterocycles. The van der Waals surface area contributed by atoms with Crippen molar-refractivity contribution in [2.75, 3.05) is 13.1 Å². The van der Waals surface area contributed by atoms with Crippen molar-refractivity contribution in [3.63, 3.8) is 0 Å². The molecule has 0 atom stereocenters. The molecule has 1 fully saturated rings. The van der Waals surface area contributed by atoms with Gasteiger partial charge in [-0.15, -0.1) is 0 Å². The molecular weight excluding hydrogens is 238 g/mol. The Morgan fingerprint density at radius 2 is 1.92 bits per heavy atom. The number of hydrogen-bond acceptors (Lipinski definition) is 3. The van der Waals surface area contributed by atoms with E-state index in [9.17, 15) is 9.59 Å². The third kappa shape index (κ3) is 1.47. The van der Waals surface area contributed by atoms with E-state index in [0.717, 1.165) is 13.1 Å². The van der Waals surface area contributed by atoms with Crippen molar-refractivity contribution in [1.82, 2.24) is 15.3 Å². The Hall–Kier alpha value is -0.880. The molecule has 13 heavy (non-hydrogen) atoms. The molecule has 70 valence electrons. The molecule has 0 spiro atoms. The molecule has 1 aliphatic heterocycles. The number of halogens is 1. The van der Waals surface area contributed by atoms with E-state index in [1.54, 1.807) is 0 Å². The lowest BCUT2D eigenvalue weighted by Crippen LogP contribution is -2.42. The summed E-state index contributed by atoms with van der Waals surface area (Å²) < 4.78 is 0.429. The van der Waals surface area contributed by atoms with Crippen LogP contribution in [0.1, 0.15) is 11.6 Å². The summed E-state index contributed by atoms with van der Waals surface area (Å²) in [5.41, 5.74) is -0.131. The quantitative estimate of drug-likeness (QED) is 0.625. The van der Waals surface area contributed by atoms with E-state index in [-0.39, 0.29) is 11.5 Å². The highest BCUT2D eigenvalue weighted by Gasteiger charge is 2.23. The van der Waals surface area contributed by atoms with Crippen molar-refractivity contribution in [3.8, 4) is 0 Å². The Kier molecular flexibility index (Phi) is 2.09. The van der Waals surface area contributed by atoms with Gasteiger partial charge >= 0.3 is 5.69 Å². The zero-order valence-electron chi connectivity index (χ0n) is 6.69. The van der Waals surface area contributed by atoms with Gasteiger partial charge in [0.1, 0.15) is 4.47 Å². The standard InChI is InChI=1S/C7H8BrN3O2/c8-4-5(3-1-9-2-3)10-7(13)11-6(4)12/h3,9H,1-2H2,(H2,10,11,12,13). The van der Waals surface area contributed by atoms with Gasteiger partial charge in [0.05, 0.1) is 0 Å². The van der Waals surface area contributed by atoms with E-state index in [1.807, 2.05) is 0 Å². The van der Waals surface area contributed by atoms with Crippen LogP contribution < -0.4 is 16.6 Å². The monoisotopic (exact) mass is 245 g/mol. The molecule has 0 radical (unpaired) electrons. The topological polar surface area (TPSA) is 77.8 Å². The van der Waals surface area contributed by atoms with Crippen LogP contribution >= 0.6 is 15.9 Å². The Morgan fingerprint density at radius 1 is 1.23 bits per heavy atom. The average molecular weight is 246 g/mol. The van der Waals surface area contributed by atoms with Crippen LogP contribution in [-0.4, -0.2) is 23.1 Å². The first-order valence-corrected chi connectivity index (χ1v) is 4.70. The first-order chi connectivity index (χ1) is 6.18. The number of rotatable bonds is 1. The number of hydrogen-bond donors (Lipinski definition) is 3. The van der Waals surface area contributed by atoms with Crippen molar-refractivity contribution in [1.29, 1.82) is 0 Å². The van der Waals surface area contributed by atoms with Gasteiger partial charge in [-0.25, -0.2) is 4.79 Å². The molecule has 6 heteroatoms. The van der Waals surface area contributed by atoms with Crippen molar-refractivity contribution in [2.24, 2.45) is 0 Å². The predicted octanol–water partition coefficient (Wildman–Crippen LogP) is -0.488. The molecule has 0 unspecified atom stereocenters. The fourth-order valence-electron chi connectivity index (χ4n) is 1.26. The number of H-pyrrole nitrogens is 2. The van der Waals surface area contributed by atoms with Crippen LogP contribution in [0.2, 0.25) is 0 Å². The van der Waals surface area contributed by atoms with Crippen LogP contribution in [0, 0.1) is 0 Å². The molecule has 1 saturated heterocycles. The molecule has 0 aromatic carbocycles. The van der Waals surface area contributed by atoms with E-state index in [4.69, 9.17) is 0 Å². The summed E-state index contributed by atoms with van der Waals surface area (Å²) in [4.78, 5) is 26.9. The van der Waals surface area contributed by atoms with Crippen LogP contribution in [0.15, 0.2) is 14.1 Å². The number of nitrogens with one attached hydrogen (secondary N) is 3. The summed E-state index contributed by atoms with van der Waals surface area (Å²) in [6, 6.07) is 0. The lowest BCUT2D eigenvalue weighted by molar-refractivity contribution is 0.436. The largest absolute Gasteiger partial charge is 0.325 e.